The lowest BCUT2D eigenvalue weighted by molar-refractivity contribution is -0.121. The molecule has 0 bridgehead atoms. The topological polar surface area (TPSA) is 67.9 Å². The lowest BCUT2D eigenvalue weighted by Crippen LogP contribution is -2.47. The summed E-state index contributed by atoms with van der Waals surface area (Å²) in [7, 11) is 3.16. The van der Waals surface area contributed by atoms with Gasteiger partial charge < -0.3 is 19.7 Å². The van der Waals surface area contributed by atoms with Crippen LogP contribution in [0.5, 0.6) is 11.5 Å². The number of ether oxygens (including phenoxy) is 2. The van der Waals surface area contributed by atoms with Crippen molar-refractivity contribution in [3.8, 4) is 11.5 Å². The van der Waals surface area contributed by atoms with Gasteiger partial charge in [0.1, 0.15) is 0 Å². The number of benzene rings is 2. The maximum absolute atomic E-state index is 12.7. The van der Waals surface area contributed by atoms with Crippen LogP contribution < -0.4 is 14.8 Å². The Morgan fingerprint density at radius 2 is 1.72 bits per heavy atom. The van der Waals surface area contributed by atoms with E-state index in [1.54, 1.807) is 20.3 Å². The third-order valence-electron chi connectivity index (χ3n) is 5.34. The Hall–Kier alpha value is -3.02. The molecule has 6 nitrogen and oxygen atoms in total. The summed E-state index contributed by atoms with van der Waals surface area (Å²) in [6.07, 6.45) is 1.80. The third-order valence-corrected chi connectivity index (χ3v) is 5.34. The van der Waals surface area contributed by atoms with Crippen LogP contribution >= 0.6 is 0 Å². The van der Waals surface area contributed by atoms with Crippen LogP contribution in [-0.2, 0) is 11.2 Å². The summed E-state index contributed by atoms with van der Waals surface area (Å²) in [6.45, 7) is 3.25. The smallest absolute Gasteiger partial charge is 0.254 e. The van der Waals surface area contributed by atoms with Gasteiger partial charge in [-0.2, -0.15) is 0 Å². The van der Waals surface area contributed by atoms with Gasteiger partial charge in [-0.15, -0.1) is 0 Å². The van der Waals surface area contributed by atoms with Crippen LogP contribution in [0.2, 0.25) is 0 Å². The molecule has 0 aliphatic carbocycles. The van der Waals surface area contributed by atoms with Gasteiger partial charge in [-0.1, -0.05) is 24.3 Å². The predicted octanol–water partition coefficient (Wildman–Crippen LogP) is 2.98. The van der Waals surface area contributed by atoms with Crippen LogP contribution in [0.1, 0.15) is 34.3 Å². The number of rotatable bonds is 6. The van der Waals surface area contributed by atoms with E-state index in [0.29, 0.717) is 24.6 Å². The van der Waals surface area contributed by atoms with Crippen molar-refractivity contribution in [3.63, 3.8) is 0 Å². The number of aryl methyl sites for hydroxylation is 1. The van der Waals surface area contributed by atoms with E-state index in [1.807, 2.05) is 48.2 Å². The monoisotopic (exact) mass is 396 g/mol. The Bertz CT molecular complexity index is 873. The van der Waals surface area contributed by atoms with Crippen molar-refractivity contribution in [1.82, 2.24) is 10.2 Å². The highest BCUT2D eigenvalue weighted by molar-refractivity contribution is 5.95. The standard InChI is InChI=1S/C23H28N2O4/c1-16-6-4-5-7-19(16)23(27)25-12-10-18(11-13-25)24-22(26)15-17-8-9-20(28-2)21(14-17)29-3/h4-9,14,18H,10-13,15H2,1-3H3,(H,24,26). The van der Waals surface area contributed by atoms with E-state index < -0.39 is 0 Å². The van der Waals surface area contributed by atoms with Crippen molar-refractivity contribution < 1.29 is 19.1 Å². The van der Waals surface area contributed by atoms with Crippen molar-refractivity contribution in [2.75, 3.05) is 27.3 Å². The number of hydrogen-bond donors (Lipinski definition) is 1. The van der Waals surface area contributed by atoms with E-state index in [0.717, 1.165) is 29.5 Å². The zero-order valence-corrected chi connectivity index (χ0v) is 17.2. The maximum Gasteiger partial charge on any atom is 0.254 e. The second-order valence-corrected chi connectivity index (χ2v) is 7.32. The van der Waals surface area contributed by atoms with Crippen LogP contribution in [0.15, 0.2) is 42.5 Å². The Balaban J connectivity index is 1.51. The molecule has 0 atom stereocenters. The first-order valence-corrected chi connectivity index (χ1v) is 9.87. The van der Waals surface area contributed by atoms with Crippen molar-refractivity contribution in [2.24, 2.45) is 0 Å². The third kappa shape index (κ3) is 5.08. The number of amides is 2. The van der Waals surface area contributed by atoms with E-state index in [9.17, 15) is 9.59 Å². The number of carbonyl (C=O) groups excluding carboxylic acids is 2. The first-order chi connectivity index (χ1) is 14.0. The van der Waals surface area contributed by atoms with Crippen molar-refractivity contribution in [2.45, 2.75) is 32.2 Å². The molecule has 0 saturated carbocycles. The molecule has 6 heteroatoms. The fourth-order valence-corrected chi connectivity index (χ4v) is 3.66. The molecule has 0 unspecified atom stereocenters. The zero-order valence-electron chi connectivity index (χ0n) is 17.2. The van der Waals surface area contributed by atoms with Gasteiger partial charge in [-0.25, -0.2) is 0 Å². The predicted molar refractivity (Wildman–Crippen MR) is 111 cm³/mol. The Labute approximate surface area is 171 Å². The SMILES string of the molecule is COc1ccc(CC(=O)NC2CCN(C(=O)c3ccccc3C)CC2)cc1OC. The summed E-state index contributed by atoms with van der Waals surface area (Å²) >= 11 is 0. The summed E-state index contributed by atoms with van der Waals surface area (Å²) in [6, 6.07) is 13.2. The summed E-state index contributed by atoms with van der Waals surface area (Å²) in [5.74, 6) is 1.29. The van der Waals surface area contributed by atoms with E-state index >= 15 is 0 Å². The Morgan fingerprint density at radius 1 is 1.03 bits per heavy atom. The fraction of sp³-hybridized carbons (Fsp3) is 0.391. The number of nitrogens with zero attached hydrogens (tertiary/aromatic N) is 1. The molecule has 1 aliphatic heterocycles. The van der Waals surface area contributed by atoms with Crippen LogP contribution in [-0.4, -0.2) is 50.1 Å². The molecule has 0 spiro atoms. The summed E-state index contributed by atoms with van der Waals surface area (Å²) < 4.78 is 10.5. The lowest BCUT2D eigenvalue weighted by atomic mass is 10.0. The number of hydrogen-bond acceptors (Lipinski definition) is 4. The molecule has 1 heterocycles. The molecular formula is C23H28N2O4. The molecule has 0 radical (unpaired) electrons. The molecule has 29 heavy (non-hydrogen) atoms. The zero-order chi connectivity index (χ0) is 20.8. The van der Waals surface area contributed by atoms with Gasteiger partial charge in [0, 0.05) is 24.7 Å². The molecule has 154 valence electrons. The fourth-order valence-electron chi connectivity index (χ4n) is 3.66. The molecular weight excluding hydrogens is 368 g/mol. The number of methoxy groups -OCH3 is 2. The minimum absolute atomic E-state index is 0.0269. The van der Waals surface area contributed by atoms with Gasteiger partial charge in [0.2, 0.25) is 5.91 Å². The maximum atomic E-state index is 12.7. The van der Waals surface area contributed by atoms with E-state index in [1.165, 1.54) is 0 Å². The van der Waals surface area contributed by atoms with Crippen LogP contribution in [0.25, 0.3) is 0 Å². The second-order valence-electron chi connectivity index (χ2n) is 7.32. The molecule has 0 aromatic heterocycles. The van der Waals surface area contributed by atoms with Gasteiger partial charge >= 0.3 is 0 Å². The van der Waals surface area contributed by atoms with Gasteiger partial charge in [0.25, 0.3) is 5.91 Å². The molecule has 2 amide bonds. The highest BCUT2D eigenvalue weighted by atomic mass is 16.5. The summed E-state index contributed by atoms with van der Waals surface area (Å²) in [5.41, 5.74) is 2.61. The molecule has 1 aliphatic rings. The molecule has 2 aromatic rings. The quantitative estimate of drug-likeness (QED) is 0.815. The minimum atomic E-state index is -0.0269. The lowest BCUT2D eigenvalue weighted by Gasteiger charge is -2.32. The molecule has 2 aromatic carbocycles. The number of likely N-dealkylation sites (tertiary alicyclic amines) is 1. The van der Waals surface area contributed by atoms with Crippen LogP contribution in [0.4, 0.5) is 0 Å². The normalized spacial score (nSPS) is 14.4. The van der Waals surface area contributed by atoms with Crippen LogP contribution in [0.3, 0.4) is 0 Å². The average Bonchev–Trinajstić information content (AvgIpc) is 2.74. The summed E-state index contributed by atoms with van der Waals surface area (Å²) in [5, 5.41) is 3.10. The molecule has 1 saturated heterocycles. The number of nitrogens with one attached hydrogen (secondary N) is 1. The van der Waals surface area contributed by atoms with Gasteiger partial charge in [-0.3, -0.25) is 9.59 Å². The van der Waals surface area contributed by atoms with E-state index in [4.69, 9.17) is 9.47 Å². The highest BCUT2D eigenvalue weighted by Crippen LogP contribution is 2.27. The summed E-state index contributed by atoms with van der Waals surface area (Å²) in [4.78, 5) is 27.0. The van der Waals surface area contributed by atoms with Gasteiger partial charge in [0.05, 0.1) is 20.6 Å². The first-order valence-electron chi connectivity index (χ1n) is 9.87. The van der Waals surface area contributed by atoms with Crippen LogP contribution in [0, 0.1) is 6.92 Å². The first kappa shape index (κ1) is 20.7. The molecule has 1 fully saturated rings. The van der Waals surface area contributed by atoms with Crippen molar-refractivity contribution in [3.05, 3.63) is 59.2 Å². The van der Waals surface area contributed by atoms with E-state index in [-0.39, 0.29) is 24.3 Å². The molecule has 3 rings (SSSR count). The highest BCUT2D eigenvalue weighted by Gasteiger charge is 2.25. The Kier molecular flexibility index (Phi) is 6.75. The molecule has 1 N–H and O–H groups in total. The van der Waals surface area contributed by atoms with Gasteiger partial charge in [-0.05, 0) is 49.1 Å². The van der Waals surface area contributed by atoms with Crippen molar-refractivity contribution >= 4 is 11.8 Å². The second kappa shape index (κ2) is 9.45. The van der Waals surface area contributed by atoms with Gasteiger partial charge in [0.15, 0.2) is 11.5 Å². The Morgan fingerprint density at radius 3 is 2.38 bits per heavy atom. The largest absolute Gasteiger partial charge is 0.493 e. The minimum Gasteiger partial charge on any atom is -0.493 e. The average molecular weight is 396 g/mol. The van der Waals surface area contributed by atoms with E-state index in [2.05, 4.69) is 5.32 Å². The number of piperidine rings is 1. The van der Waals surface area contributed by atoms with Crippen molar-refractivity contribution in [1.29, 1.82) is 0 Å². The number of carbonyl (C=O) groups is 2.